The second-order valence-corrected chi connectivity index (χ2v) is 7.58. The number of ketones is 1. The number of fused-ring (bicyclic) bond motifs is 1. The van der Waals surface area contributed by atoms with E-state index in [4.69, 9.17) is 0 Å². The van der Waals surface area contributed by atoms with Crippen molar-refractivity contribution in [2.75, 3.05) is 18.0 Å². The van der Waals surface area contributed by atoms with Crippen molar-refractivity contribution in [1.82, 2.24) is 5.32 Å². The molecule has 0 radical (unpaired) electrons. The lowest BCUT2D eigenvalue weighted by Crippen LogP contribution is -2.48. The molecule has 3 rings (SSSR count). The molecular formula is C21H28N2O2. The van der Waals surface area contributed by atoms with Crippen LogP contribution >= 0.6 is 0 Å². The quantitative estimate of drug-likeness (QED) is 0.776. The van der Waals surface area contributed by atoms with E-state index < -0.39 is 0 Å². The molecule has 2 aliphatic rings. The van der Waals surface area contributed by atoms with Gasteiger partial charge in [-0.15, -0.1) is 0 Å². The maximum absolute atomic E-state index is 12.6. The molecule has 1 amide bonds. The van der Waals surface area contributed by atoms with E-state index in [1.54, 1.807) is 6.08 Å². The number of amides is 1. The SMILES string of the molecule is CC(C)C[C@@H](/C=C/C(=O)N1CCc2ccccc21)CC(=O)[C@@H]1CCN1. The van der Waals surface area contributed by atoms with Crippen LogP contribution in [0.1, 0.15) is 38.7 Å². The molecule has 0 aromatic heterocycles. The Hall–Kier alpha value is -1.94. The van der Waals surface area contributed by atoms with Crippen molar-refractivity contribution in [2.24, 2.45) is 11.8 Å². The average Bonchev–Trinajstić information content (AvgIpc) is 2.94. The van der Waals surface area contributed by atoms with E-state index in [1.807, 2.05) is 29.2 Å². The summed E-state index contributed by atoms with van der Waals surface area (Å²) >= 11 is 0. The first-order valence-electron chi connectivity index (χ1n) is 9.38. The van der Waals surface area contributed by atoms with Crippen molar-refractivity contribution in [2.45, 2.75) is 45.6 Å². The van der Waals surface area contributed by atoms with Crippen LogP contribution in [-0.2, 0) is 16.0 Å². The molecule has 0 bridgehead atoms. The number of para-hydroxylation sites is 1. The van der Waals surface area contributed by atoms with E-state index in [-0.39, 0.29) is 23.7 Å². The second-order valence-electron chi connectivity index (χ2n) is 7.58. The Morgan fingerprint density at radius 3 is 2.76 bits per heavy atom. The molecule has 25 heavy (non-hydrogen) atoms. The zero-order chi connectivity index (χ0) is 17.8. The third kappa shape index (κ3) is 4.37. The van der Waals surface area contributed by atoms with Gasteiger partial charge in [-0.05, 0) is 55.3 Å². The summed E-state index contributed by atoms with van der Waals surface area (Å²) in [6.45, 7) is 5.99. The van der Waals surface area contributed by atoms with Crippen molar-refractivity contribution in [3.63, 3.8) is 0 Å². The van der Waals surface area contributed by atoms with Crippen molar-refractivity contribution in [3.8, 4) is 0 Å². The Labute approximate surface area is 150 Å². The van der Waals surface area contributed by atoms with Gasteiger partial charge in [-0.1, -0.05) is 38.1 Å². The molecule has 134 valence electrons. The zero-order valence-corrected chi connectivity index (χ0v) is 15.2. The maximum Gasteiger partial charge on any atom is 0.250 e. The monoisotopic (exact) mass is 340 g/mol. The first-order chi connectivity index (χ1) is 12.0. The Kier molecular flexibility index (Phi) is 5.69. The normalized spacial score (nSPS) is 20.6. The standard InChI is InChI=1S/C21H28N2O2/c1-15(2)13-16(14-20(24)18-9-11-22-18)7-8-21(25)23-12-10-17-5-3-4-6-19(17)23/h3-8,15-16,18,22H,9-14H2,1-2H3/b8-7+/t16-,18+/m1/s1. The molecule has 1 N–H and O–H groups in total. The highest BCUT2D eigenvalue weighted by molar-refractivity contribution is 6.02. The van der Waals surface area contributed by atoms with E-state index in [1.165, 1.54) is 5.56 Å². The van der Waals surface area contributed by atoms with Gasteiger partial charge in [-0.3, -0.25) is 9.59 Å². The van der Waals surface area contributed by atoms with Gasteiger partial charge in [0.25, 0.3) is 5.91 Å². The summed E-state index contributed by atoms with van der Waals surface area (Å²) in [5.41, 5.74) is 2.25. The third-order valence-electron chi connectivity index (χ3n) is 5.11. The molecule has 0 spiro atoms. The van der Waals surface area contributed by atoms with Crippen LogP contribution in [0.15, 0.2) is 36.4 Å². The summed E-state index contributed by atoms with van der Waals surface area (Å²) < 4.78 is 0. The molecule has 4 nitrogen and oxygen atoms in total. The van der Waals surface area contributed by atoms with E-state index in [0.717, 1.165) is 38.0 Å². The molecule has 0 saturated carbocycles. The summed E-state index contributed by atoms with van der Waals surface area (Å²) in [4.78, 5) is 26.8. The average molecular weight is 340 g/mol. The number of nitrogens with zero attached hydrogens (tertiary/aromatic N) is 1. The van der Waals surface area contributed by atoms with E-state index >= 15 is 0 Å². The molecule has 1 saturated heterocycles. The fourth-order valence-corrected chi connectivity index (χ4v) is 3.68. The summed E-state index contributed by atoms with van der Waals surface area (Å²) in [6, 6.07) is 8.11. The molecule has 1 aromatic carbocycles. The van der Waals surface area contributed by atoms with Gasteiger partial charge in [0.05, 0.1) is 6.04 Å². The number of allylic oxidation sites excluding steroid dienone is 1. The van der Waals surface area contributed by atoms with Crippen LogP contribution in [-0.4, -0.2) is 30.8 Å². The first-order valence-corrected chi connectivity index (χ1v) is 9.38. The van der Waals surface area contributed by atoms with Gasteiger partial charge in [0, 0.05) is 18.7 Å². The van der Waals surface area contributed by atoms with Crippen LogP contribution < -0.4 is 10.2 Å². The van der Waals surface area contributed by atoms with Crippen LogP contribution in [0.2, 0.25) is 0 Å². The molecular weight excluding hydrogens is 312 g/mol. The topological polar surface area (TPSA) is 49.4 Å². The van der Waals surface area contributed by atoms with Gasteiger partial charge in [0.1, 0.15) is 5.78 Å². The predicted molar refractivity (Wildman–Crippen MR) is 101 cm³/mol. The highest BCUT2D eigenvalue weighted by Crippen LogP contribution is 2.28. The molecule has 2 heterocycles. The van der Waals surface area contributed by atoms with Crippen LogP contribution in [0.25, 0.3) is 0 Å². The van der Waals surface area contributed by atoms with Crippen molar-refractivity contribution < 1.29 is 9.59 Å². The van der Waals surface area contributed by atoms with Crippen molar-refractivity contribution in [3.05, 3.63) is 42.0 Å². The lowest BCUT2D eigenvalue weighted by Gasteiger charge is -2.27. The Balaban J connectivity index is 1.64. The minimum absolute atomic E-state index is 0.0212. The van der Waals surface area contributed by atoms with Gasteiger partial charge in [-0.2, -0.15) is 0 Å². The van der Waals surface area contributed by atoms with E-state index in [0.29, 0.717) is 12.3 Å². The molecule has 0 unspecified atom stereocenters. The number of Topliss-reactive ketones (excluding diaryl/α,β-unsaturated/α-hetero) is 1. The van der Waals surface area contributed by atoms with Crippen LogP contribution in [0.4, 0.5) is 5.69 Å². The fourth-order valence-electron chi connectivity index (χ4n) is 3.68. The number of carbonyl (C=O) groups excluding carboxylic acids is 2. The van der Waals surface area contributed by atoms with Gasteiger partial charge < -0.3 is 10.2 Å². The third-order valence-corrected chi connectivity index (χ3v) is 5.11. The fraction of sp³-hybridized carbons (Fsp3) is 0.524. The Bertz CT molecular complexity index is 662. The Morgan fingerprint density at radius 1 is 1.32 bits per heavy atom. The molecule has 0 aliphatic carbocycles. The van der Waals surface area contributed by atoms with Gasteiger partial charge in [0.15, 0.2) is 0 Å². The number of hydrogen-bond donors (Lipinski definition) is 1. The Morgan fingerprint density at radius 2 is 2.08 bits per heavy atom. The molecule has 1 fully saturated rings. The number of nitrogens with one attached hydrogen (secondary N) is 1. The largest absolute Gasteiger partial charge is 0.308 e. The predicted octanol–water partition coefficient (Wildman–Crippen LogP) is 3.12. The van der Waals surface area contributed by atoms with E-state index in [9.17, 15) is 9.59 Å². The lowest BCUT2D eigenvalue weighted by atomic mass is 9.88. The number of carbonyl (C=O) groups is 2. The van der Waals surface area contributed by atoms with Gasteiger partial charge in [-0.25, -0.2) is 0 Å². The number of anilines is 1. The van der Waals surface area contributed by atoms with Crippen LogP contribution in [0.3, 0.4) is 0 Å². The second kappa shape index (κ2) is 7.96. The maximum atomic E-state index is 12.6. The van der Waals surface area contributed by atoms with Crippen LogP contribution in [0.5, 0.6) is 0 Å². The molecule has 2 atom stereocenters. The highest BCUT2D eigenvalue weighted by Gasteiger charge is 2.27. The first kappa shape index (κ1) is 17.9. The molecule has 2 aliphatic heterocycles. The number of hydrogen-bond acceptors (Lipinski definition) is 3. The van der Waals surface area contributed by atoms with Crippen LogP contribution in [0, 0.1) is 11.8 Å². The van der Waals surface area contributed by atoms with Gasteiger partial charge in [0.2, 0.25) is 0 Å². The summed E-state index contributed by atoms with van der Waals surface area (Å²) in [5.74, 6) is 0.935. The summed E-state index contributed by atoms with van der Waals surface area (Å²) in [5, 5.41) is 3.18. The smallest absolute Gasteiger partial charge is 0.250 e. The zero-order valence-electron chi connectivity index (χ0n) is 15.2. The minimum atomic E-state index is 0.0212. The molecule has 4 heteroatoms. The van der Waals surface area contributed by atoms with Crippen molar-refractivity contribution in [1.29, 1.82) is 0 Å². The lowest BCUT2D eigenvalue weighted by molar-refractivity contribution is -0.123. The molecule has 1 aromatic rings. The number of benzene rings is 1. The number of rotatable bonds is 7. The minimum Gasteiger partial charge on any atom is -0.308 e. The van der Waals surface area contributed by atoms with E-state index in [2.05, 4.69) is 25.2 Å². The van der Waals surface area contributed by atoms with Gasteiger partial charge >= 0.3 is 0 Å². The highest BCUT2D eigenvalue weighted by atomic mass is 16.2. The summed E-state index contributed by atoms with van der Waals surface area (Å²) in [6.07, 6.45) is 6.95. The van der Waals surface area contributed by atoms with Crippen molar-refractivity contribution >= 4 is 17.4 Å². The summed E-state index contributed by atoms with van der Waals surface area (Å²) in [7, 11) is 0.